The van der Waals surface area contributed by atoms with E-state index in [1.165, 1.54) is 4.88 Å². The number of aromatic nitrogens is 3. The standard InChI is InChI=1S/C10H13BrN4S2/c1-3-15-9(12-13-10(15)16)14(2)5-8-4-7(11)6-17-8/h4,6H,3,5H2,1-2H3,(H,13,16). The highest BCUT2D eigenvalue weighted by Crippen LogP contribution is 2.22. The van der Waals surface area contributed by atoms with Crippen LogP contribution in [-0.4, -0.2) is 21.8 Å². The van der Waals surface area contributed by atoms with Crippen molar-refractivity contribution in [2.75, 3.05) is 11.9 Å². The topological polar surface area (TPSA) is 36.9 Å². The van der Waals surface area contributed by atoms with E-state index >= 15 is 0 Å². The van der Waals surface area contributed by atoms with Gasteiger partial charge in [-0.15, -0.1) is 16.4 Å². The summed E-state index contributed by atoms with van der Waals surface area (Å²) >= 11 is 10.4. The zero-order valence-electron chi connectivity index (χ0n) is 9.61. The Kier molecular flexibility index (Phi) is 4.01. The van der Waals surface area contributed by atoms with Gasteiger partial charge in [-0.1, -0.05) is 0 Å². The summed E-state index contributed by atoms with van der Waals surface area (Å²) in [6.07, 6.45) is 0. The van der Waals surface area contributed by atoms with E-state index in [1.54, 1.807) is 11.3 Å². The number of thiophene rings is 1. The fourth-order valence-corrected chi connectivity index (χ4v) is 3.39. The maximum Gasteiger partial charge on any atom is 0.225 e. The minimum absolute atomic E-state index is 0.668. The Balaban J connectivity index is 2.19. The van der Waals surface area contributed by atoms with Crippen molar-refractivity contribution in [3.8, 4) is 0 Å². The van der Waals surface area contributed by atoms with Crippen molar-refractivity contribution in [3.63, 3.8) is 0 Å². The fraction of sp³-hybridized carbons (Fsp3) is 0.400. The van der Waals surface area contributed by atoms with Crippen molar-refractivity contribution in [1.29, 1.82) is 0 Å². The van der Waals surface area contributed by atoms with Crippen molar-refractivity contribution in [3.05, 3.63) is 25.6 Å². The molecule has 2 aromatic rings. The molecule has 17 heavy (non-hydrogen) atoms. The van der Waals surface area contributed by atoms with Gasteiger partial charge in [-0.3, -0.25) is 4.57 Å². The van der Waals surface area contributed by atoms with E-state index in [-0.39, 0.29) is 0 Å². The molecule has 0 atom stereocenters. The molecule has 0 aromatic carbocycles. The summed E-state index contributed by atoms with van der Waals surface area (Å²) in [6, 6.07) is 2.12. The number of rotatable bonds is 4. The first kappa shape index (κ1) is 12.8. The van der Waals surface area contributed by atoms with Gasteiger partial charge in [0, 0.05) is 28.3 Å². The van der Waals surface area contributed by atoms with Crippen LogP contribution in [0.5, 0.6) is 0 Å². The number of aromatic amines is 1. The number of hydrogen-bond acceptors (Lipinski definition) is 4. The molecule has 1 N–H and O–H groups in total. The molecule has 0 aliphatic rings. The molecule has 4 nitrogen and oxygen atoms in total. The zero-order chi connectivity index (χ0) is 12.4. The quantitative estimate of drug-likeness (QED) is 0.871. The third kappa shape index (κ3) is 2.78. The van der Waals surface area contributed by atoms with Crippen LogP contribution in [0.4, 0.5) is 5.95 Å². The average molecular weight is 333 g/mol. The van der Waals surface area contributed by atoms with Crippen LogP contribution in [0.25, 0.3) is 0 Å². The molecule has 0 bridgehead atoms. The largest absolute Gasteiger partial charge is 0.339 e. The molecule has 0 aliphatic carbocycles. The lowest BCUT2D eigenvalue weighted by Crippen LogP contribution is -2.20. The van der Waals surface area contributed by atoms with Gasteiger partial charge in [-0.05, 0) is 41.1 Å². The lowest BCUT2D eigenvalue weighted by molar-refractivity contribution is 0.719. The number of nitrogens with zero attached hydrogens (tertiary/aromatic N) is 3. The van der Waals surface area contributed by atoms with E-state index in [1.807, 2.05) is 11.6 Å². The Labute approximate surface area is 117 Å². The van der Waals surface area contributed by atoms with Gasteiger partial charge in [0.2, 0.25) is 5.95 Å². The molecule has 0 aliphatic heterocycles. The molecule has 2 rings (SSSR count). The first-order chi connectivity index (χ1) is 8.11. The van der Waals surface area contributed by atoms with E-state index in [0.717, 1.165) is 23.5 Å². The highest BCUT2D eigenvalue weighted by molar-refractivity contribution is 9.10. The molecule has 0 unspecified atom stereocenters. The predicted molar refractivity (Wildman–Crippen MR) is 77.2 cm³/mol. The van der Waals surface area contributed by atoms with E-state index in [0.29, 0.717) is 4.77 Å². The molecular formula is C10H13BrN4S2. The molecule has 7 heteroatoms. The number of anilines is 1. The molecular weight excluding hydrogens is 320 g/mol. The maximum atomic E-state index is 5.17. The van der Waals surface area contributed by atoms with E-state index in [9.17, 15) is 0 Å². The maximum absolute atomic E-state index is 5.17. The lowest BCUT2D eigenvalue weighted by Gasteiger charge is -2.17. The molecule has 0 fully saturated rings. The third-order valence-corrected chi connectivity index (χ3v) is 4.40. The second kappa shape index (κ2) is 5.32. The summed E-state index contributed by atoms with van der Waals surface area (Å²) < 4.78 is 3.78. The van der Waals surface area contributed by atoms with Gasteiger partial charge < -0.3 is 4.90 Å². The molecule has 0 radical (unpaired) electrons. The number of halogens is 1. The first-order valence-corrected chi connectivity index (χ1v) is 7.29. The van der Waals surface area contributed by atoms with Gasteiger partial charge in [0.05, 0.1) is 6.54 Å². The smallest absolute Gasteiger partial charge is 0.225 e. The zero-order valence-corrected chi connectivity index (χ0v) is 12.8. The Morgan fingerprint density at radius 2 is 2.41 bits per heavy atom. The molecule has 92 valence electrons. The SMILES string of the molecule is CCn1c(N(C)Cc2cc(Br)cs2)n[nH]c1=S. The minimum atomic E-state index is 0.668. The molecule has 2 aromatic heterocycles. The van der Waals surface area contributed by atoms with Gasteiger partial charge in [0.25, 0.3) is 0 Å². The molecule has 0 saturated heterocycles. The molecule has 0 saturated carbocycles. The Hall–Kier alpha value is -0.660. The van der Waals surface area contributed by atoms with Crippen molar-refractivity contribution >= 4 is 45.4 Å². The van der Waals surface area contributed by atoms with Gasteiger partial charge in [-0.25, -0.2) is 5.10 Å². The normalized spacial score (nSPS) is 10.8. The predicted octanol–water partition coefficient (Wildman–Crippen LogP) is 3.42. The molecule has 0 spiro atoms. The monoisotopic (exact) mass is 332 g/mol. The van der Waals surface area contributed by atoms with Gasteiger partial charge in [0.1, 0.15) is 0 Å². The molecule has 0 amide bonds. The first-order valence-electron chi connectivity index (χ1n) is 5.21. The van der Waals surface area contributed by atoms with Gasteiger partial charge in [0.15, 0.2) is 4.77 Å². The van der Waals surface area contributed by atoms with E-state index in [4.69, 9.17) is 12.2 Å². The van der Waals surface area contributed by atoms with Gasteiger partial charge in [-0.2, -0.15) is 0 Å². The summed E-state index contributed by atoms with van der Waals surface area (Å²) in [4.78, 5) is 3.38. The second-order valence-corrected chi connectivity index (χ2v) is 5.96. The third-order valence-electron chi connectivity index (χ3n) is 2.41. The van der Waals surface area contributed by atoms with Crippen molar-refractivity contribution < 1.29 is 0 Å². The van der Waals surface area contributed by atoms with Crippen molar-refractivity contribution in [2.24, 2.45) is 0 Å². The summed E-state index contributed by atoms with van der Waals surface area (Å²) in [6.45, 7) is 3.71. The highest BCUT2D eigenvalue weighted by atomic mass is 79.9. The second-order valence-electron chi connectivity index (χ2n) is 3.66. The Bertz CT molecular complexity index is 557. The van der Waals surface area contributed by atoms with Crippen LogP contribution in [0.2, 0.25) is 0 Å². The summed E-state index contributed by atoms with van der Waals surface area (Å²) in [5, 5.41) is 9.17. The number of hydrogen-bond donors (Lipinski definition) is 1. The fourth-order valence-electron chi connectivity index (χ4n) is 1.63. The van der Waals surface area contributed by atoms with Crippen LogP contribution in [0.1, 0.15) is 11.8 Å². The van der Waals surface area contributed by atoms with E-state index in [2.05, 4.69) is 49.4 Å². The Morgan fingerprint density at radius 1 is 1.65 bits per heavy atom. The van der Waals surface area contributed by atoms with Crippen molar-refractivity contribution in [2.45, 2.75) is 20.0 Å². The van der Waals surface area contributed by atoms with Crippen LogP contribution in [0.15, 0.2) is 15.9 Å². The van der Waals surface area contributed by atoms with Crippen LogP contribution in [0, 0.1) is 4.77 Å². The number of H-pyrrole nitrogens is 1. The average Bonchev–Trinajstić information content (AvgIpc) is 2.84. The highest BCUT2D eigenvalue weighted by Gasteiger charge is 2.11. The number of nitrogens with one attached hydrogen (secondary N) is 1. The molecule has 2 heterocycles. The van der Waals surface area contributed by atoms with Gasteiger partial charge >= 0.3 is 0 Å². The Morgan fingerprint density at radius 3 is 3.00 bits per heavy atom. The lowest BCUT2D eigenvalue weighted by atomic mass is 10.4. The van der Waals surface area contributed by atoms with E-state index < -0.39 is 0 Å². The van der Waals surface area contributed by atoms with Crippen LogP contribution in [0.3, 0.4) is 0 Å². The van der Waals surface area contributed by atoms with Crippen LogP contribution in [-0.2, 0) is 13.1 Å². The summed E-state index contributed by atoms with van der Waals surface area (Å²) in [5.74, 6) is 0.877. The van der Waals surface area contributed by atoms with Crippen LogP contribution < -0.4 is 4.90 Å². The van der Waals surface area contributed by atoms with Crippen LogP contribution >= 0.6 is 39.5 Å². The van der Waals surface area contributed by atoms with Crippen molar-refractivity contribution in [1.82, 2.24) is 14.8 Å². The minimum Gasteiger partial charge on any atom is -0.339 e. The summed E-state index contributed by atoms with van der Waals surface area (Å²) in [7, 11) is 2.02. The summed E-state index contributed by atoms with van der Waals surface area (Å²) in [5.41, 5.74) is 0.